The molecule has 0 spiro atoms. The molecule has 1 heteroatoms. The summed E-state index contributed by atoms with van der Waals surface area (Å²) in [6, 6.07) is 0. The van der Waals surface area contributed by atoms with Crippen LogP contribution in [0.25, 0.3) is 0 Å². The van der Waals surface area contributed by atoms with Crippen LogP contribution in [0.5, 0.6) is 0 Å². The number of rotatable bonds is 8. The highest BCUT2D eigenvalue weighted by atomic mass is 35.5. The second kappa shape index (κ2) is 11.8. The lowest BCUT2D eigenvalue weighted by atomic mass is 10.1. The van der Waals surface area contributed by atoms with Crippen LogP contribution in [-0.2, 0) is 0 Å². The molecular weight excluding hydrogens is 180 g/mol. The van der Waals surface area contributed by atoms with Crippen molar-refractivity contribution in [1.29, 1.82) is 0 Å². The largest absolute Gasteiger partial charge is 0.127 e. The second-order valence-corrected chi connectivity index (χ2v) is 3.55. The van der Waals surface area contributed by atoms with Gasteiger partial charge in [-0.1, -0.05) is 37.1 Å². The molecule has 0 saturated carbocycles. The maximum Gasteiger partial charge on any atom is 0.0223 e. The molecule has 0 aromatic rings. The fourth-order valence-electron chi connectivity index (χ4n) is 1.14. The third kappa shape index (κ3) is 11.8. The summed E-state index contributed by atoms with van der Waals surface area (Å²) >= 11 is 5.58. The number of alkyl halides is 1. The van der Waals surface area contributed by atoms with Crippen LogP contribution in [0, 0.1) is 0 Å². The van der Waals surface area contributed by atoms with E-state index in [0.29, 0.717) is 0 Å². The van der Waals surface area contributed by atoms with E-state index in [1.54, 1.807) is 0 Å². The summed E-state index contributed by atoms with van der Waals surface area (Å²) in [6.45, 7) is 2.06. The van der Waals surface area contributed by atoms with Gasteiger partial charge in [-0.15, -0.1) is 11.6 Å². The van der Waals surface area contributed by atoms with Crippen molar-refractivity contribution in [1.82, 2.24) is 0 Å². The Kier molecular flexibility index (Phi) is 11.6. The maximum absolute atomic E-state index is 5.58. The Morgan fingerprint density at radius 1 is 0.923 bits per heavy atom. The summed E-state index contributed by atoms with van der Waals surface area (Å²) in [5.74, 6) is 0.817. The van der Waals surface area contributed by atoms with Crippen LogP contribution in [0.4, 0.5) is 0 Å². The van der Waals surface area contributed by atoms with E-state index in [2.05, 4.69) is 31.2 Å². The van der Waals surface area contributed by atoms with Crippen LogP contribution in [-0.4, -0.2) is 5.88 Å². The van der Waals surface area contributed by atoms with Crippen molar-refractivity contribution in [2.45, 2.75) is 45.4 Å². The molecule has 0 aliphatic heterocycles. The van der Waals surface area contributed by atoms with Gasteiger partial charge in [0, 0.05) is 5.88 Å². The lowest BCUT2D eigenvalue weighted by Gasteiger charge is -1.94. The molecule has 0 saturated heterocycles. The highest BCUT2D eigenvalue weighted by Crippen LogP contribution is 2.04. The van der Waals surface area contributed by atoms with Crippen LogP contribution in [0.2, 0.25) is 0 Å². The van der Waals surface area contributed by atoms with Gasteiger partial charge >= 0.3 is 0 Å². The van der Waals surface area contributed by atoms with Gasteiger partial charge in [0.1, 0.15) is 0 Å². The molecule has 0 bridgehead atoms. The third-order valence-corrected chi connectivity index (χ3v) is 2.20. The molecule has 0 aliphatic carbocycles. The van der Waals surface area contributed by atoms with Crippen LogP contribution in [0.15, 0.2) is 24.3 Å². The predicted octanol–water partition coefficient (Wildman–Crippen LogP) is 4.70. The Bertz CT molecular complexity index is 136. The minimum Gasteiger partial charge on any atom is -0.127 e. The number of hydrogen-bond donors (Lipinski definition) is 0. The van der Waals surface area contributed by atoms with E-state index in [-0.39, 0.29) is 0 Å². The second-order valence-electron chi connectivity index (χ2n) is 3.17. The summed E-state index contributed by atoms with van der Waals surface area (Å²) in [5, 5.41) is 0. The van der Waals surface area contributed by atoms with Gasteiger partial charge < -0.3 is 0 Å². The molecular formula is C12H21Cl. The van der Waals surface area contributed by atoms with Crippen molar-refractivity contribution in [3.63, 3.8) is 0 Å². The molecule has 0 aromatic carbocycles. The number of unbranched alkanes of at least 4 members (excludes halogenated alkanes) is 4. The van der Waals surface area contributed by atoms with Crippen LogP contribution in [0.3, 0.4) is 0 Å². The topological polar surface area (TPSA) is 0 Å². The zero-order chi connectivity index (χ0) is 9.78. The van der Waals surface area contributed by atoms with Gasteiger partial charge in [-0.25, -0.2) is 0 Å². The number of allylic oxidation sites excluding steroid dienone is 4. The Morgan fingerprint density at radius 3 is 2.38 bits per heavy atom. The van der Waals surface area contributed by atoms with Gasteiger partial charge in [0.05, 0.1) is 0 Å². The summed E-state index contributed by atoms with van der Waals surface area (Å²) in [4.78, 5) is 0. The third-order valence-electron chi connectivity index (χ3n) is 1.93. The van der Waals surface area contributed by atoms with Gasteiger partial charge in [-0.3, -0.25) is 0 Å². The van der Waals surface area contributed by atoms with Crippen LogP contribution < -0.4 is 0 Å². The fourth-order valence-corrected chi connectivity index (χ4v) is 1.33. The Labute approximate surface area is 87.7 Å². The first-order valence-electron chi connectivity index (χ1n) is 5.24. The molecule has 0 atom stereocenters. The van der Waals surface area contributed by atoms with Crippen molar-refractivity contribution < 1.29 is 0 Å². The van der Waals surface area contributed by atoms with Crippen molar-refractivity contribution >= 4 is 11.6 Å². The molecule has 0 N–H and O–H groups in total. The molecule has 0 unspecified atom stereocenters. The first kappa shape index (κ1) is 12.8. The number of halogens is 1. The van der Waals surface area contributed by atoms with Crippen molar-refractivity contribution in [3.05, 3.63) is 24.3 Å². The quantitative estimate of drug-likeness (QED) is 0.303. The SMILES string of the molecule is C/C=C/C/C=C/CCCCCCCl. The minimum atomic E-state index is 0.817. The summed E-state index contributed by atoms with van der Waals surface area (Å²) < 4.78 is 0. The first-order chi connectivity index (χ1) is 6.41. The van der Waals surface area contributed by atoms with Crippen molar-refractivity contribution in [2.75, 3.05) is 5.88 Å². The normalized spacial score (nSPS) is 11.8. The van der Waals surface area contributed by atoms with Crippen LogP contribution in [0.1, 0.15) is 45.4 Å². The van der Waals surface area contributed by atoms with Gasteiger partial charge in [-0.2, -0.15) is 0 Å². The lowest BCUT2D eigenvalue weighted by molar-refractivity contribution is 0.676. The predicted molar refractivity (Wildman–Crippen MR) is 62.4 cm³/mol. The smallest absolute Gasteiger partial charge is 0.0223 e. The first-order valence-corrected chi connectivity index (χ1v) is 5.77. The molecule has 0 amide bonds. The molecule has 0 heterocycles. The van der Waals surface area contributed by atoms with E-state index in [0.717, 1.165) is 12.3 Å². The highest BCUT2D eigenvalue weighted by molar-refractivity contribution is 6.17. The monoisotopic (exact) mass is 200 g/mol. The Balaban J connectivity index is 3.02. The molecule has 13 heavy (non-hydrogen) atoms. The van der Waals surface area contributed by atoms with Crippen LogP contribution >= 0.6 is 11.6 Å². The minimum absolute atomic E-state index is 0.817. The van der Waals surface area contributed by atoms with E-state index in [4.69, 9.17) is 11.6 Å². The van der Waals surface area contributed by atoms with Crippen molar-refractivity contribution in [3.8, 4) is 0 Å². The molecule has 0 nitrogen and oxygen atoms in total. The molecule has 0 aromatic heterocycles. The van der Waals surface area contributed by atoms with Gasteiger partial charge in [0.2, 0.25) is 0 Å². The Hall–Kier alpha value is -0.230. The van der Waals surface area contributed by atoms with Crippen molar-refractivity contribution in [2.24, 2.45) is 0 Å². The summed E-state index contributed by atoms with van der Waals surface area (Å²) in [5.41, 5.74) is 0. The molecule has 0 rings (SSSR count). The van der Waals surface area contributed by atoms with E-state index in [9.17, 15) is 0 Å². The zero-order valence-electron chi connectivity index (χ0n) is 8.64. The standard InChI is InChI=1S/C12H21Cl/c1-2-3-4-5-6-7-8-9-10-11-12-13/h2-3,5-6H,4,7-12H2,1H3/b3-2+,6-5+. The number of hydrogen-bond acceptors (Lipinski definition) is 0. The average Bonchev–Trinajstić information content (AvgIpc) is 2.16. The average molecular weight is 201 g/mol. The van der Waals surface area contributed by atoms with Gasteiger partial charge in [-0.05, 0) is 32.6 Å². The molecule has 76 valence electrons. The summed E-state index contributed by atoms with van der Waals surface area (Å²) in [6.07, 6.45) is 16.2. The lowest BCUT2D eigenvalue weighted by Crippen LogP contribution is -1.77. The molecule has 0 aliphatic rings. The maximum atomic E-state index is 5.58. The van der Waals surface area contributed by atoms with E-state index in [1.807, 2.05) is 0 Å². The zero-order valence-corrected chi connectivity index (χ0v) is 9.39. The Morgan fingerprint density at radius 2 is 1.69 bits per heavy atom. The van der Waals surface area contributed by atoms with Gasteiger partial charge in [0.25, 0.3) is 0 Å². The van der Waals surface area contributed by atoms with E-state index in [1.165, 1.54) is 32.1 Å². The fraction of sp³-hybridized carbons (Fsp3) is 0.667. The highest BCUT2D eigenvalue weighted by Gasteiger charge is 1.86. The van der Waals surface area contributed by atoms with E-state index >= 15 is 0 Å². The van der Waals surface area contributed by atoms with E-state index < -0.39 is 0 Å². The van der Waals surface area contributed by atoms with Gasteiger partial charge in [0.15, 0.2) is 0 Å². The molecule has 0 fully saturated rings. The molecule has 0 radical (unpaired) electrons. The summed E-state index contributed by atoms with van der Waals surface area (Å²) in [7, 11) is 0.